The SMILES string of the molecule is Cc1ccc(C(=O)NC2CCN(C(=O)CSCc3nc4sc5c(c4c(=O)[nH]3)CCC5)CC2)o1. The molecule has 0 unspecified atom stereocenters. The highest BCUT2D eigenvalue weighted by molar-refractivity contribution is 7.99. The van der Waals surface area contributed by atoms with Crippen LogP contribution in [-0.4, -0.2) is 51.6 Å². The van der Waals surface area contributed by atoms with E-state index in [0.717, 1.165) is 42.3 Å². The highest BCUT2D eigenvalue weighted by Crippen LogP contribution is 2.34. The number of thioether (sulfide) groups is 1. The molecule has 2 aliphatic rings. The Morgan fingerprint density at radius 2 is 2.12 bits per heavy atom. The second kappa shape index (κ2) is 9.34. The summed E-state index contributed by atoms with van der Waals surface area (Å²) in [4.78, 5) is 48.9. The summed E-state index contributed by atoms with van der Waals surface area (Å²) in [5.74, 6) is 2.35. The van der Waals surface area contributed by atoms with Crippen LogP contribution in [0.2, 0.25) is 0 Å². The standard InChI is InChI=1S/C23H26N4O4S2/c1-13-5-6-16(31-13)21(29)24-14-7-9-27(10-8-14)19(28)12-32-11-18-25-22(30)20-15-3-2-4-17(15)33-23(20)26-18/h5-6,14H,2-4,7-12H2,1H3,(H,24,29)(H,25,26,30). The molecular weight excluding hydrogens is 460 g/mol. The van der Waals surface area contributed by atoms with Gasteiger partial charge < -0.3 is 19.6 Å². The number of likely N-dealkylation sites (tertiary alicyclic amines) is 1. The number of hydrogen-bond acceptors (Lipinski definition) is 7. The van der Waals surface area contributed by atoms with Gasteiger partial charge in [-0.25, -0.2) is 4.98 Å². The summed E-state index contributed by atoms with van der Waals surface area (Å²) in [6.07, 6.45) is 4.55. The molecule has 2 N–H and O–H groups in total. The van der Waals surface area contributed by atoms with Crippen LogP contribution in [0.15, 0.2) is 21.3 Å². The number of aryl methyl sites for hydroxylation is 3. The first-order valence-electron chi connectivity index (χ1n) is 11.2. The van der Waals surface area contributed by atoms with Gasteiger partial charge in [0.05, 0.1) is 16.9 Å². The van der Waals surface area contributed by atoms with Crippen LogP contribution >= 0.6 is 23.1 Å². The molecule has 8 nitrogen and oxygen atoms in total. The zero-order valence-electron chi connectivity index (χ0n) is 18.4. The molecule has 0 saturated carbocycles. The van der Waals surface area contributed by atoms with Crippen LogP contribution in [0.1, 0.15) is 51.8 Å². The van der Waals surface area contributed by atoms with Gasteiger partial charge >= 0.3 is 0 Å². The van der Waals surface area contributed by atoms with E-state index in [1.807, 2.05) is 4.90 Å². The van der Waals surface area contributed by atoms with Crippen molar-refractivity contribution in [2.45, 2.75) is 50.8 Å². The van der Waals surface area contributed by atoms with Gasteiger partial charge in [-0.15, -0.1) is 23.1 Å². The maximum absolute atomic E-state index is 12.6. The predicted octanol–water partition coefficient (Wildman–Crippen LogP) is 3.03. The lowest BCUT2D eigenvalue weighted by molar-refractivity contribution is -0.129. The van der Waals surface area contributed by atoms with Gasteiger partial charge in [0.1, 0.15) is 16.4 Å². The second-order valence-electron chi connectivity index (χ2n) is 8.58. The van der Waals surface area contributed by atoms with Gasteiger partial charge in [0.25, 0.3) is 11.5 Å². The number of amides is 2. The molecule has 0 bridgehead atoms. The van der Waals surface area contributed by atoms with Crippen molar-refractivity contribution in [3.63, 3.8) is 0 Å². The summed E-state index contributed by atoms with van der Waals surface area (Å²) in [5, 5.41) is 3.75. The number of furan rings is 1. The molecule has 5 rings (SSSR count). The van der Waals surface area contributed by atoms with E-state index in [0.29, 0.717) is 41.9 Å². The number of hydrogen-bond donors (Lipinski definition) is 2. The monoisotopic (exact) mass is 486 g/mol. The largest absolute Gasteiger partial charge is 0.456 e. The number of fused-ring (bicyclic) bond motifs is 3. The van der Waals surface area contributed by atoms with Crippen LogP contribution in [0.3, 0.4) is 0 Å². The first kappa shape index (κ1) is 22.2. The maximum atomic E-state index is 12.6. The van der Waals surface area contributed by atoms with Gasteiger partial charge in [-0.1, -0.05) is 0 Å². The third-order valence-corrected chi connectivity index (χ3v) is 8.35. The molecule has 1 fully saturated rings. The fourth-order valence-electron chi connectivity index (χ4n) is 4.53. The normalized spacial score (nSPS) is 16.3. The van der Waals surface area contributed by atoms with Crippen molar-refractivity contribution in [2.75, 3.05) is 18.8 Å². The lowest BCUT2D eigenvalue weighted by atomic mass is 10.0. The molecule has 4 heterocycles. The minimum Gasteiger partial charge on any atom is -0.456 e. The van der Waals surface area contributed by atoms with Crippen molar-refractivity contribution in [3.05, 3.63) is 50.3 Å². The number of aromatic amines is 1. The third kappa shape index (κ3) is 4.72. The predicted molar refractivity (Wildman–Crippen MR) is 129 cm³/mol. The van der Waals surface area contributed by atoms with Crippen LogP contribution in [0, 0.1) is 6.92 Å². The zero-order chi connectivity index (χ0) is 22.9. The van der Waals surface area contributed by atoms with Gasteiger partial charge in [-0.05, 0) is 56.7 Å². The summed E-state index contributed by atoms with van der Waals surface area (Å²) < 4.78 is 5.37. The molecule has 1 aliphatic carbocycles. The fraction of sp³-hybridized carbons (Fsp3) is 0.478. The minimum absolute atomic E-state index is 0.0352. The van der Waals surface area contributed by atoms with Gasteiger partial charge in [0.2, 0.25) is 5.91 Å². The van der Waals surface area contributed by atoms with Crippen molar-refractivity contribution >= 4 is 45.1 Å². The number of carbonyl (C=O) groups excluding carboxylic acids is 2. The van der Waals surface area contributed by atoms with Crippen molar-refractivity contribution < 1.29 is 14.0 Å². The Balaban J connectivity index is 1.09. The molecule has 1 saturated heterocycles. The van der Waals surface area contributed by atoms with Gasteiger partial charge in [-0.2, -0.15) is 0 Å². The van der Waals surface area contributed by atoms with Gasteiger partial charge in [0, 0.05) is 24.0 Å². The highest BCUT2D eigenvalue weighted by Gasteiger charge is 2.25. The van der Waals surface area contributed by atoms with Crippen molar-refractivity contribution in [2.24, 2.45) is 0 Å². The molecule has 1 aliphatic heterocycles. The number of H-pyrrole nitrogens is 1. The van der Waals surface area contributed by atoms with E-state index in [9.17, 15) is 14.4 Å². The Kier molecular flexibility index (Phi) is 6.29. The highest BCUT2D eigenvalue weighted by atomic mass is 32.2. The first-order chi connectivity index (χ1) is 16.0. The molecule has 174 valence electrons. The number of carbonyl (C=O) groups is 2. The summed E-state index contributed by atoms with van der Waals surface area (Å²) in [6.45, 7) is 3.03. The topological polar surface area (TPSA) is 108 Å². The third-order valence-electron chi connectivity index (χ3n) is 6.24. The molecule has 0 atom stereocenters. The molecule has 0 spiro atoms. The van der Waals surface area contributed by atoms with Crippen LogP contribution in [0.5, 0.6) is 0 Å². The van der Waals surface area contributed by atoms with E-state index in [4.69, 9.17) is 4.42 Å². The summed E-state index contributed by atoms with van der Waals surface area (Å²) in [7, 11) is 0. The number of thiophene rings is 1. The summed E-state index contributed by atoms with van der Waals surface area (Å²) >= 11 is 3.10. The minimum atomic E-state index is -0.210. The van der Waals surface area contributed by atoms with Crippen LogP contribution in [0.25, 0.3) is 10.2 Å². The lowest BCUT2D eigenvalue weighted by Gasteiger charge is -2.32. The Morgan fingerprint density at radius 3 is 2.88 bits per heavy atom. The molecule has 33 heavy (non-hydrogen) atoms. The van der Waals surface area contributed by atoms with Crippen molar-refractivity contribution in [1.29, 1.82) is 0 Å². The summed E-state index contributed by atoms with van der Waals surface area (Å²) in [6, 6.07) is 3.47. The molecule has 3 aromatic rings. The van der Waals surface area contributed by atoms with E-state index in [-0.39, 0.29) is 23.4 Å². The Labute approximate surface area is 199 Å². The quantitative estimate of drug-likeness (QED) is 0.555. The number of nitrogens with zero attached hydrogens (tertiary/aromatic N) is 2. The Hall–Kier alpha value is -2.59. The maximum Gasteiger partial charge on any atom is 0.287 e. The van der Waals surface area contributed by atoms with Crippen LogP contribution < -0.4 is 10.9 Å². The number of nitrogens with one attached hydrogen (secondary N) is 2. The molecule has 10 heteroatoms. The molecule has 3 aromatic heterocycles. The fourth-order valence-corrected chi connectivity index (χ4v) is 6.60. The zero-order valence-corrected chi connectivity index (χ0v) is 20.1. The van der Waals surface area contributed by atoms with E-state index in [2.05, 4.69) is 15.3 Å². The molecule has 2 amide bonds. The first-order valence-corrected chi connectivity index (χ1v) is 13.2. The molecule has 0 aromatic carbocycles. The van der Waals surface area contributed by atoms with Crippen LogP contribution in [-0.2, 0) is 23.4 Å². The van der Waals surface area contributed by atoms with E-state index >= 15 is 0 Å². The summed E-state index contributed by atoms with van der Waals surface area (Å²) in [5.41, 5.74) is 1.12. The smallest absolute Gasteiger partial charge is 0.287 e. The average Bonchev–Trinajstić information content (AvgIpc) is 3.50. The molecular formula is C23H26N4O4S2. The second-order valence-corrected chi connectivity index (χ2v) is 10.7. The van der Waals surface area contributed by atoms with Crippen molar-refractivity contribution in [1.82, 2.24) is 20.2 Å². The van der Waals surface area contributed by atoms with Gasteiger partial charge in [0.15, 0.2) is 5.76 Å². The lowest BCUT2D eigenvalue weighted by Crippen LogP contribution is -2.47. The van der Waals surface area contributed by atoms with E-state index in [1.165, 1.54) is 22.2 Å². The van der Waals surface area contributed by atoms with E-state index in [1.54, 1.807) is 30.4 Å². The average molecular weight is 487 g/mol. The molecule has 0 radical (unpaired) electrons. The van der Waals surface area contributed by atoms with Gasteiger partial charge in [-0.3, -0.25) is 14.4 Å². The number of piperidine rings is 1. The number of rotatable bonds is 6. The number of aromatic nitrogens is 2. The Bertz CT molecular complexity index is 1250. The Morgan fingerprint density at radius 1 is 1.30 bits per heavy atom. The van der Waals surface area contributed by atoms with Crippen LogP contribution in [0.4, 0.5) is 0 Å². The van der Waals surface area contributed by atoms with Crippen molar-refractivity contribution in [3.8, 4) is 0 Å². The van der Waals surface area contributed by atoms with E-state index < -0.39 is 0 Å².